The second-order valence-corrected chi connectivity index (χ2v) is 10.3. The van der Waals surface area contributed by atoms with Crippen LogP contribution in [0.4, 0.5) is 0 Å². The topological polar surface area (TPSA) is 127 Å². The van der Waals surface area contributed by atoms with Gasteiger partial charge in [0.25, 0.3) is 5.56 Å². The summed E-state index contributed by atoms with van der Waals surface area (Å²) >= 11 is 0. The fourth-order valence-corrected chi connectivity index (χ4v) is 5.69. The summed E-state index contributed by atoms with van der Waals surface area (Å²) in [6, 6.07) is 6.45. The highest BCUT2D eigenvalue weighted by Gasteiger charge is 2.30. The van der Waals surface area contributed by atoms with Crippen LogP contribution in [0, 0.1) is 0 Å². The van der Waals surface area contributed by atoms with Crippen molar-refractivity contribution in [3.05, 3.63) is 70.5 Å². The van der Waals surface area contributed by atoms with Crippen molar-refractivity contribution in [2.24, 2.45) is 0 Å². The first-order chi connectivity index (χ1) is 16.3. The average molecular weight is 522 g/mol. The number of rotatable bonds is 8. The molecule has 188 valence electrons. The number of carbonyl (C=O) groups is 1. The van der Waals surface area contributed by atoms with Gasteiger partial charge in [-0.1, -0.05) is 18.9 Å². The van der Waals surface area contributed by atoms with Crippen molar-refractivity contribution in [1.82, 2.24) is 24.1 Å². The maximum absolute atomic E-state index is 13.2. The van der Waals surface area contributed by atoms with E-state index in [1.165, 1.54) is 40.6 Å². The molecule has 0 amide bonds. The standard InChI is InChI=1S/C23H27N5O5S.ClH/c1-27(17-7-3-4-8-17)34(31,32)18-9-10-21(25-14-18)28-23(30)20(15-26-28)19(12-22(29)33-2)16-6-5-11-24-13-16;/h5-6,9-11,13-15,17,19,26H,3-4,7-8,12H2,1-2H3;1H. The molecule has 0 aliphatic heterocycles. The van der Waals surface area contributed by atoms with Crippen molar-refractivity contribution in [2.75, 3.05) is 14.2 Å². The first kappa shape index (κ1) is 26.6. The Balaban J connectivity index is 0.00000342. The molecule has 3 heterocycles. The van der Waals surface area contributed by atoms with Gasteiger partial charge in [0, 0.05) is 49.4 Å². The van der Waals surface area contributed by atoms with Gasteiger partial charge in [-0.15, -0.1) is 12.4 Å². The van der Waals surface area contributed by atoms with E-state index in [0.29, 0.717) is 11.1 Å². The molecule has 10 nitrogen and oxygen atoms in total. The summed E-state index contributed by atoms with van der Waals surface area (Å²) in [6.07, 6.45) is 9.70. The van der Waals surface area contributed by atoms with E-state index in [9.17, 15) is 18.0 Å². The summed E-state index contributed by atoms with van der Waals surface area (Å²) < 4.78 is 33.4. The minimum atomic E-state index is -3.68. The van der Waals surface area contributed by atoms with E-state index in [0.717, 1.165) is 25.7 Å². The van der Waals surface area contributed by atoms with Crippen molar-refractivity contribution in [3.63, 3.8) is 0 Å². The quantitative estimate of drug-likeness (QED) is 0.451. The number of nitrogens with one attached hydrogen (secondary N) is 1. The highest BCUT2D eigenvalue weighted by atomic mass is 35.5. The molecule has 1 aliphatic rings. The molecule has 3 aromatic heterocycles. The predicted molar refractivity (Wildman–Crippen MR) is 131 cm³/mol. The molecule has 1 saturated carbocycles. The number of ether oxygens (including phenoxy) is 1. The molecular formula is C23H28ClN5O5S. The predicted octanol–water partition coefficient (Wildman–Crippen LogP) is 2.64. The number of halogens is 1. The third-order valence-electron chi connectivity index (χ3n) is 6.33. The minimum Gasteiger partial charge on any atom is -0.469 e. The van der Waals surface area contributed by atoms with E-state index in [-0.39, 0.29) is 35.6 Å². The van der Waals surface area contributed by atoms with Crippen LogP contribution in [0.15, 0.2) is 58.7 Å². The van der Waals surface area contributed by atoms with E-state index in [1.54, 1.807) is 31.6 Å². The van der Waals surface area contributed by atoms with Gasteiger partial charge in [0.1, 0.15) is 4.90 Å². The van der Waals surface area contributed by atoms with Crippen molar-refractivity contribution in [2.45, 2.75) is 49.0 Å². The van der Waals surface area contributed by atoms with E-state index >= 15 is 0 Å². The van der Waals surface area contributed by atoms with Gasteiger partial charge >= 0.3 is 5.97 Å². The molecule has 1 aliphatic carbocycles. The highest BCUT2D eigenvalue weighted by Crippen LogP contribution is 2.28. The summed E-state index contributed by atoms with van der Waals surface area (Å²) in [5.41, 5.74) is 0.641. The number of carbonyl (C=O) groups excluding carboxylic acids is 1. The summed E-state index contributed by atoms with van der Waals surface area (Å²) in [7, 11) is -0.786. The molecule has 1 unspecified atom stereocenters. The van der Waals surface area contributed by atoms with Gasteiger partial charge in [0.15, 0.2) is 5.82 Å². The van der Waals surface area contributed by atoms with E-state index in [4.69, 9.17) is 4.74 Å². The van der Waals surface area contributed by atoms with Gasteiger partial charge in [-0.25, -0.2) is 18.1 Å². The SMILES string of the molecule is COC(=O)CC(c1cccnc1)c1c[nH]n(-c2ccc(S(=O)(=O)N(C)C3CCCC3)cn2)c1=O.Cl. The van der Waals surface area contributed by atoms with Crippen LogP contribution >= 0.6 is 12.4 Å². The molecule has 0 bridgehead atoms. The smallest absolute Gasteiger partial charge is 0.306 e. The number of esters is 1. The van der Waals surface area contributed by atoms with Crippen LogP contribution in [-0.4, -0.2) is 58.6 Å². The van der Waals surface area contributed by atoms with E-state index in [1.807, 2.05) is 0 Å². The van der Waals surface area contributed by atoms with E-state index < -0.39 is 27.5 Å². The second-order valence-electron chi connectivity index (χ2n) is 8.30. The van der Waals surface area contributed by atoms with Gasteiger partial charge in [0.2, 0.25) is 10.0 Å². The zero-order valence-corrected chi connectivity index (χ0v) is 21.1. The first-order valence-electron chi connectivity index (χ1n) is 11.0. The maximum atomic E-state index is 13.2. The lowest BCUT2D eigenvalue weighted by atomic mass is 9.91. The zero-order valence-electron chi connectivity index (χ0n) is 19.5. The molecule has 1 N–H and O–H groups in total. The molecule has 1 atom stereocenters. The van der Waals surface area contributed by atoms with Crippen LogP contribution < -0.4 is 5.56 Å². The molecule has 0 aromatic carbocycles. The van der Waals surface area contributed by atoms with Crippen molar-refractivity contribution in [1.29, 1.82) is 0 Å². The Hall–Kier alpha value is -3.02. The zero-order chi connectivity index (χ0) is 24.3. The van der Waals surface area contributed by atoms with Crippen LogP contribution in [-0.2, 0) is 19.6 Å². The Labute approximate surface area is 209 Å². The number of hydrogen-bond donors (Lipinski definition) is 1. The maximum Gasteiger partial charge on any atom is 0.306 e. The lowest BCUT2D eigenvalue weighted by Crippen LogP contribution is -2.35. The Morgan fingerprint density at radius 2 is 2.00 bits per heavy atom. The molecule has 4 rings (SSSR count). The fraction of sp³-hybridized carbons (Fsp3) is 0.391. The Bertz CT molecular complexity index is 1300. The van der Waals surface area contributed by atoms with Crippen LogP contribution in [0.1, 0.15) is 49.1 Å². The molecule has 1 fully saturated rings. The molecular weight excluding hydrogens is 494 g/mol. The first-order valence-corrected chi connectivity index (χ1v) is 12.5. The Kier molecular flexibility index (Phi) is 8.47. The average Bonchev–Trinajstić information content (AvgIpc) is 3.53. The molecule has 0 saturated heterocycles. The lowest BCUT2D eigenvalue weighted by molar-refractivity contribution is -0.140. The summed E-state index contributed by atoms with van der Waals surface area (Å²) in [5, 5.41) is 2.87. The van der Waals surface area contributed by atoms with Crippen LogP contribution in [0.5, 0.6) is 0 Å². The van der Waals surface area contributed by atoms with Gasteiger partial charge < -0.3 is 4.74 Å². The highest BCUT2D eigenvalue weighted by molar-refractivity contribution is 7.89. The van der Waals surface area contributed by atoms with Crippen LogP contribution in [0.25, 0.3) is 5.82 Å². The summed E-state index contributed by atoms with van der Waals surface area (Å²) in [4.78, 5) is 33.6. The van der Waals surface area contributed by atoms with Crippen LogP contribution in [0.2, 0.25) is 0 Å². The Morgan fingerprint density at radius 1 is 1.26 bits per heavy atom. The molecule has 35 heavy (non-hydrogen) atoms. The van der Waals surface area contributed by atoms with Crippen molar-refractivity contribution >= 4 is 28.4 Å². The largest absolute Gasteiger partial charge is 0.469 e. The molecule has 0 radical (unpaired) electrons. The van der Waals surface area contributed by atoms with Gasteiger partial charge in [0.05, 0.1) is 13.5 Å². The number of H-pyrrole nitrogens is 1. The van der Waals surface area contributed by atoms with Gasteiger partial charge in [-0.3, -0.25) is 19.7 Å². The number of hydrogen-bond acceptors (Lipinski definition) is 7. The monoisotopic (exact) mass is 521 g/mol. The number of sulfonamides is 1. The third-order valence-corrected chi connectivity index (χ3v) is 8.22. The summed E-state index contributed by atoms with van der Waals surface area (Å²) in [6.45, 7) is 0. The molecule has 0 spiro atoms. The van der Waals surface area contributed by atoms with Gasteiger partial charge in [-0.05, 0) is 36.6 Å². The van der Waals surface area contributed by atoms with Gasteiger partial charge in [-0.2, -0.15) is 4.31 Å². The summed E-state index contributed by atoms with van der Waals surface area (Å²) in [5.74, 6) is -0.785. The fourth-order valence-electron chi connectivity index (χ4n) is 4.33. The number of methoxy groups -OCH3 is 1. The molecule has 3 aromatic rings. The minimum absolute atomic E-state index is 0. The lowest BCUT2D eigenvalue weighted by Gasteiger charge is -2.23. The van der Waals surface area contributed by atoms with E-state index in [2.05, 4.69) is 15.1 Å². The number of aromatic amines is 1. The molecule has 12 heteroatoms. The number of nitrogens with zero attached hydrogens (tertiary/aromatic N) is 4. The van der Waals surface area contributed by atoms with Crippen molar-refractivity contribution in [3.8, 4) is 5.82 Å². The Morgan fingerprint density at radius 3 is 2.60 bits per heavy atom. The second kappa shape index (κ2) is 11.1. The normalized spacial score (nSPS) is 15.1. The van der Waals surface area contributed by atoms with Crippen LogP contribution in [0.3, 0.4) is 0 Å². The third kappa shape index (κ3) is 5.47. The number of aromatic nitrogens is 4. The number of pyridine rings is 2. The van der Waals surface area contributed by atoms with Crippen molar-refractivity contribution < 1.29 is 17.9 Å².